The van der Waals surface area contributed by atoms with Gasteiger partial charge in [0.15, 0.2) is 0 Å². The predicted octanol–water partition coefficient (Wildman–Crippen LogP) is 0.371. The lowest BCUT2D eigenvalue weighted by atomic mass is 9.90. The van der Waals surface area contributed by atoms with Crippen molar-refractivity contribution in [2.75, 3.05) is 42.5 Å². The monoisotopic (exact) mass is 293 g/mol. The van der Waals surface area contributed by atoms with Gasteiger partial charge < -0.3 is 14.5 Å². The van der Waals surface area contributed by atoms with Crippen LogP contribution in [0.4, 0.5) is 17.8 Å². The minimum absolute atomic E-state index is 0.293. The van der Waals surface area contributed by atoms with E-state index in [4.69, 9.17) is 10.6 Å². The Morgan fingerprint density at radius 3 is 2.81 bits per heavy atom. The van der Waals surface area contributed by atoms with Crippen molar-refractivity contribution in [1.82, 2.24) is 15.0 Å². The molecule has 21 heavy (non-hydrogen) atoms. The summed E-state index contributed by atoms with van der Waals surface area (Å²) in [5.41, 5.74) is 2.53. The third-order valence-electron chi connectivity index (χ3n) is 4.13. The largest absolute Gasteiger partial charge is 0.374 e. The molecule has 2 fully saturated rings. The maximum atomic E-state index is 5.90. The first kappa shape index (κ1) is 14.3. The van der Waals surface area contributed by atoms with E-state index in [1.807, 2.05) is 19.0 Å². The lowest BCUT2D eigenvalue weighted by Gasteiger charge is -2.43. The van der Waals surface area contributed by atoms with Gasteiger partial charge in [0.2, 0.25) is 17.8 Å². The smallest absolute Gasteiger partial charge is 0.243 e. The van der Waals surface area contributed by atoms with Gasteiger partial charge in [-0.3, -0.25) is 5.43 Å². The number of nitrogens with zero attached hydrogens (tertiary/aromatic N) is 5. The van der Waals surface area contributed by atoms with Gasteiger partial charge in [-0.15, -0.1) is 0 Å². The maximum Gasteiger partial charge on any atom is 0.243 e. The molecule has 8 nitrogen and oxygen atoms in total. The Balaban J connectivity index is 1.92. The summed E-state index contributed by atoms with van der Waals surface area (Å²) >= 11 is 0. The molecule has 0 radical (unpaired) electrons. The highest BCUT2D eigenvalue weighted by Gasteiger charge is 2.35. The van der Waals surface area contributed by atoms with Crippen molar-refractivity contribution in [3.63, 3.8) is 0 Å². The quantitative estimate of drug-likeness (QED) is 0.610. The molecule has 2 unspecified atom stereocenters. The van der Waals surface area contributed by atoms with Crippen molar-refractivity contribution in [3.05, 3.63) is 0 Å². The number of nitrogens with two attached hydrogens (primary N) is 1. The Bertz CT molecular complexity index is 493. The molecule has 2 heterocycles. The van der Waals surface area contributed by atoms with Crippen LogP contribution < -0.4 is 21.1 Å². The Labute approximate surface area is 124 Å². The van der Waals surface area contributed by atoms with Gasteiger partial charge in [0, 0.05) is 20.6 Å². The molecule has 0 aromatic carbocycles. The molecule has 3 rings (SSSR count). The van der Waals surface area contributed by atoms with Crippen molar-refractivity contribution in [2.45, 2.75) is 37.8 Å². The zero-order chi connectivity index (χ0) is 14.8. The SMILES string of the molecule is CN(C)c1nc(NN)nc(N2CCOC3CCCCC32)n1. The number of fused-ring (bicyclic) bond motifs is 1. The maximum absolute atomic E-state index is 5.90. The molecule has 0 spiro atoms. The Hall–Kier alpha value is -1.67. The highest BCUT2D eigenvalue weighted by atomic mass is 16.5. The number of ether oxygens (including phenoxy) is 1. The molecule has 116 valence electrons. The van der Waals surface area contributed by atoms with E-state index in [-0.39, 0.29) is 0 Å². The lowest BCUT2D eigenvalue weighted by molar-refractivity contribution is -0.00931. The van der Waals surface area contributed by atoms with Crippen LogP contribution in [0.5, 0.6) is 0 Å². The number of nitrogen functional groups attached to an aromatic ring is 1. The molecule has 1 aliphatic heterocycles. The number of nitrogens with one attached hydrogen (secondary N) is 1. The second kappa shape index (κ2) is 5.98. The number of hydrogen-bond acceptors (Lipinski definition) is 8. The van der Waals surface area contributed by atoms with Crippen molar-refractivity contribution in [3.8, 4) is 0 Å². The van der Waals surface area contributed by atoms with Crippen LogP contribution in [0.3, 0.4) is 0 Å². The lowest BCUT2D eigenvalue weighted by Crippen LogP contribution is -2.53. The van der Waals surface area contributed by atoms with Gasteiger partial charge in [-0.2, -0.15) is 15.0 Å². The number of rotatable bonds is 3. The van der Waals surface area contributed by atoms with E-state index in [2.05, 4.69) is 25.3 Å². The third kappa shape index (κ3) is 2.86. The minimum Gasteiger partial charge on any atom is -0.374 e. The van der Waals surface area contributed by atoms with Crippen LogP contribution in [0, 0.1) is 0 Å². The highest BCUT2D eigenvalue weighted by Crippen LogP contribution is 2.31. The molecule has 1 saturated carbocycles. The van der Waals surface area contributed by atoms with E-state index >= 15 is 0 Å². The molecule has 0 amide bonds. The first-order valence-corrected chi connectivity index (χ1v) is 7.47. The molecule has 1 aliphatic carbocycles. The van der Waals surface area contributed by atoms with E-state index in [9.17, 15) is 0 Å². The summed E-state index contributed by atoms with van der Waals surface area (Å²) in [6, 6.07) is 0.357. The van der Waals surface area contributed by atoms with Gasteiger partial charge in [0.05, 0.1) is 18.8 Å². The molecule has 3 N–H and O–H groups in total. The Morgan fingerprint density at radius 1 is 1.24 bits per heavy atom. The Kier molecular flexibility index (Phi) is 4.07. The minimum atomic E-state index is 0.293. The van der Waals surface area contributed by atoms with E-state index < -0.39 is 0 Å². The molecule has 8 heteroatoms. The average Bonchev–Trinajstić information content (AvgIpc) is 2.53. The van der Waals surface area contributed by atoms with Crippen LogP contribution in [0.1, 0.15) is 25.7 Å². The molecular formula is C13H23N7O. The molecular weight excluding hydrogens is 270 g/mol. The zero-order valence-corrected chi connectivity index (χ0v) is 12.6. The number of aromatic nitrogens is 3. The summed E-state index contributed by atoms with van der Waals surface area (Å²) in [6.07, 6.45) is 5.01. The van der Waals surface area contributed by atoms with E-state index in [0.29, 0.717) is 30.0 Å². The van der Waals surface area contributed by atoms with Crippen LogP contribution in [0.25, 0.3) is 0 Å². The molecule has 2 atom stereocenters. The van der Waals surface area contributed by atoms with Crippen molar-refractivity contribution < 1.29 is 4.74 Å². The Morgan fingerprint density at radius 2 is 2.05 bits per heavy atom. The van der Waals surface area contributed by atoms with Gasteiger partial charge >= 0.3 is 0 Å². The topological polar surface area (TPSA) is 92.4 Å². The summed E-state index contributed by atoms with van der Waals surface area (Å²) in [5.74, 6) is 7.16. The third-order valence-corrected chi connectivity index (χ3v) is 4.13. The first-order valence-electron chi connectivity index (χ1n) is 7.47. The van der Waals surface area contributed by atoms with E-state index in [1.165, 1.54) is 12.8 Å². The molecule has 2 aliphatic rings. The average molecular weight is 293 g/mol. The van der Waals surface area contributed by atoms with Crippen molar-refractivity contribution >= 4 is 17.8 Å². The zero-order valence-electron chi connectivity index (χ0n) is 12.6. The summed E-state index contributed by atoms with van der Waals surface area (Å²) in [6.45, 7) is 1.53. The van der Waals surface area contributed by atoms with Crippen LogP contribution in [-0.4, -0.2) is 54.3 Å². The molecule has 1 saturated heterocycles. The fourth-order valence-corrected chi connectivity index (χ4v) is 3.09. The first-order chi connectivity index (χ1) is 10.2. The second-order valence-corrected chi connectivity index (χ2v) is 5.75. The number of morpholine rings is 1. The fraction of sp³-hybridized carbons (Fsp3) is 0.769. The number of hydrogen-bond donors (Lipinski definition) is 2. The molecule has 0 bridgehead atoms. The summed E-state index contributed by atoms with van der Waals surface area (Å²) in [7, 11) is 3.81. The van der Waals surface area contributed by atoms with E-state index in [0.717, 1.165) is 26.0 Å². The van der Waals surface area contributed by atoms with Crippen LogP contribution >= 0.6 is 0 Å². The fourth-order valence-electron chi connectivity index (χ4n) is 3.09. The van der Waals surface area contributed by atoms with Gasteiger partial charge in [-0.25, -0.2) is 5.84 Å². The summed E-state index contributed by atoms with van der Waals surface area (Å²) in [4.78, 5) is 17.4. The summed E-state index contributed by atoms with van der Waals surface area (Å²) in [5, 5.41) is 0. The van der Waals surface area contributed by atoms with Gasteiger partial charge in [0.1, 0.15) is 0 Å². The van der Waals surface area contributed by atoms with Gasteiger partial charge in [-0.05, 0) is 12.8 Å². The number of anilines is 3. The summed E-state index contributed by atoms with van der Waals surface area (Å²) < 4.78 is 5.90. The van der Waals surface area contributed by atoms with Crippen LogP contribution in [0.15, 0.2) is 0 Å². The van der Waals surface area contributed by atoms with Crippen LogP contribution in [0.2, 0.25) is 0 Å². The normalized spacial score (nSPS) is 25.4. The number of hydrazine groups is 1. The van der Waals surface area contributed by atoms with Crippen molar-refractivity contribution in [2.24, 2.45) is 5.84 Å². The second-order valence-electron chi connectivity index (χ2n) is 5.75. The van der Waals surface area contributed by atoms with Crippen molar-refractivity contribution in [1.29, 1.82) is 0 Å². The van der Waals surface area contributed by atoms with E-state index in [1.54, 1.807) is 0 Å². The highest BCUT2D eigenvalue weighted by molar-refractivity contribution is 5.45. The van der Waals surface area contributed by atoms with Gasteiger partial charge in [-0.1, -0.05) is 12.8 Å². The van der Waals surface area contributed by atoms with Crippen LogP contribution in [-0.2, 0) is 4.74 Å². The standard InChI is InChI=1S/C13H23N7O/c1-19(2)12-15-11(18-14)16-13(17-12)20-7-8-21-10-6-4-3-5-9(10)20/h9-10H,3-8,14H2,1-2H3,(H,15,16,17,18). The molecule has 1 aromatic rings. The predicted molar refractivity (Wildman–Crippen MR) is 81.3 cm³/mol. The molecule has 1 aromatic heterocycles. The van der Waals surface area contributed by atoms with Gasteiger partial charge in [0.25, 0.3) is 0 Å².